The Morgan fingerprint density at radius 2 is 1.58 bits per heavy atom. The van der Waals surface area contributed by atoms with Crippen LogP contribution in [-0.4, -0.2) is 26.0 Å². The highest BCUT2D eigenvalue weighted by molar-refractivity contribution is 6.06. The summed E-state index contributed by atoms with van der Waals surface area (Å²) >= 11 is 0. The predicted octanol–water partition coefficient (Wildman–Crippen LogP) is 4.75. The highest BCUT2D eigenvalue weighted by Gasteiger charge is 2.08. The lowest BCUT2D eigenvalue weighted by molar-refractivity contribution is -0.111. The molecular formula is C24H21FN2O4. The van der Waals surface area contributed by atoms with E-state index in [0.29, 0.717) is 28.4 Å². The van der Waals surface area contributed by atoms with Gasteiger partial charge in [-0.2, -0.15) is 0 Å². The van der Waals surface area contributed by atoms with E-state index in [1.54, 1.807) is 55.7 Å². The summed E-state index contributed by atoms with van der Waals surface area (Å²) in [5, 5.41) is 5.40. The molecule has 3 aromatic carbocycles. The van der Waals surface area contributed by atoms with Crippen LogP contribution in [-0.2, 0) is 4.79 Å². The van der Waals surface area contributed by atoms with Gasteiger partial charge in [-0.25, -0.2) is 4.39 Å². The number of benzene rings is 3. The van der Waals surface area contributed by atoms with Crippen molar-refractivity contribution in [2.45, 2.75) is 0 Å². The molecule has 2 N–H and O–H groups in total. The summed E-state index contributed by atoms with van der Waals surface area (Å²) in [7, 11) is 3.09. The van der Waals surface area contributed by atoms with Crippen LogP contribution in [0, 0.1) is 5.82 Å². The van der Waals surface area contributed by atoms with E-state index in [-0.39, 0.29) is 17.6 Å². The van der Waals surface area contributed by atoms with E-state index in [0.717, 1.165) is 5.56 Å². The lowest BCUT2D eigenvalue weighted by Gasteiger charge is -2.08. The molecule has 31 heavy (non-hydrogen) atoms. The smallest absolute Gasteiger partial charge is 0.255 e. The van der Waals surface area contributed by atoms with Crippen LogP contribution in [0.25, 0.3) is 6.08 Å². The van der Waals surface area contributed by atoms with Gasteiger partial charge >= 0.3 is 0 Å². The fourth-order valence-electron chi connectivity index (χ4n) is 2.79. The van der Waals surface area contributed by atoms with Gasteiger partial charge < -0.3 is 20.1 Å². The van der Waals surface area contributed by atoms with Gasteiger partial charge in [0.25, 0.3) is 5.91 Å². The molecule has 6 nitrogen and oxygen atoms in total. The number of amides is 2. The standard InChI is InChI=1S/C24H21FN2O4/c1-30-21-12-6-16(14-22(21)31-2)7-13-23(28)26-20-5-3-4-17(15-20)24(29)27-19-10-8-18(25)9-11-19/h3-15H,1-2H3,(H,26,28)(H,27,29)/b13-7+. The van der Waals surface area contributed by atoms with Crippen LogP contribution in [0.1, 0.15) is 15.9 Å². The first-order valence-electron chi connectivity index (χ1n) is 9.36. The van der Waals surface area contributed by atoms with Gasteiger partial charge in [0.2, 0.25) is 5.91 Å². The van der Waals surface area contributed by atoms with Crippen molar-refractivity contribution in [3.05, 3.63) is 89.8 Å². The maximum Gasteiger partial charge on any atom is 0.255 e. The largest absolute Gasteiger partial charge is 0.493 e. The van der Waals surface area contributed by atoms with Crippen molar-refractivity contribution in [2.24, 2.45) is 0 Å². The molecule has 0 saturated heterocycles. The van der Waals surface area contributed by atoms with Crippen LogP contribution in [0.5, 0.6) is 11.5 Å². The molecule has 0 radical (unpaired) electrons. The third-order valence-corrected chi connectivity index (χ3v) is 4.33. The summed E-state index contributed by atoms with van der Waals surface area (Å²) in [4.78, 5) is 24.7. The maximum atomic E-state index is 13.0. The third kappa shape index (κ3) is 5.93. The number of ether oxygens (including phenoxy) is 2. The van der Waals surface area contributed by atoms with Crippen molar-refractivity contribution in [3.63, 3.8) is 0 Å². The van der Waals surface area contributed by atoms with Crippen molar-refractivity contribution >= 4 is 29.3 Å². The molecule has 0 spiro atoms. The quantitative estimate of drug-likeness (QED) is 0.541. The Morgan fingerprint density at radius 1 is 0.839 bits per heavy atom. The van der Waals surface area contributed by atoms with Crippen LogP contribution in [0.3, 0.4) is 0 Å². The van der Waals surface area contributed by atoms with E-state index in [4.69, 9.17) is 9.47 Å². The molecule has 158 valence electrons. The van der Waals surface area contributed by atoms with Crippen LogP contribution in [0.2, 0.25) is 0 Å². The number of hydrogen-bond donors (Lipinski definition) is 2. The Labute approximate surface area is 179 Å². The number of rotatable bonds is 7. The van der Waals surface area contributed by atoms with Gasteiger partial charge in [0, 0.05) is 23.0 Å². The van der Waals surface area contributed by atoms with Crippen molar-refractivity contribution in [1.29, 1.82) is 0 Å². The zero-order valence-electron chi connectivity index (χ0n) is 17.0. The van der Waals surface area contributed by atoms with E-state index in [9.17, 15) is 14.0 Å². The maximum absolute atomic E-state index is 13.0. The second-order valence-electron chi connectivity index (χ2n) is 6.48. The Hall–Kier alpha value is -4.13. The van der Waals surface area contributed by atoms with Gasteiger partial charge in [-0.15, -0.1) is 0 Å². The highest BCUT2D eigenvalue weighted by atomic mass is 19.1. The number of carbonyl (C=O) groups is 2. The minimum atomic E-state index is -0.385. The van der Waals surface area contributed by atoms with Crippen LogP contribution >= 0.6 is 0 Å². The average molecular weight is 420 g/mol. The number of methoxy groups -OCH3 is 2. The Kier molecular flexibility index (Phi) is 7.01. The summed E-state index contributed by atoms with van der Waals surface area (Å²) in [6.07, 6.45) is 3.02. The molecule has 2 amide bonds. The summed E-state index contributed by atoms with van der Waals surface area (Å²) < 4.78 is 23.4. The molecule has 0 saturated carbocycles. The number of carbonyl (C=O) groups excluding carboxylic acids is 2. The molecule has 0 aromatic heterocycles. The zero-order chi connectivity index (χ0) is 22.2. The SMILES string of the molecule is COc1ccc(/C=C/C(=O)Nc2cccc(C(=O)Nc3ccc(F)cc3)c2)cc1OC. The zero-order valence-corrected chi connectivity index (χ0v) is 17.0. The fraction of sp³-hybridized carbons (Fsp3) is 0.0833. The third-order valence-electron chi connectivity index (χ3n) is 4.33. The second-order valence-corrected chi connectivity index (χ2v) is 6.48. The molecule has 0 aliphatic rings. The van der Waals surface area contributed by atoms with Gasteiger partial charge in [0.15, 0.2) is 11.5 Å². The average Bonchev–Trinajstić information content (AvgIpc) is 2.79. The Balaban J connectivity index is 1.64. The van der Waals surface area contributed by atoms with Crippen molar-refractivity contribution in [1.82, 2.24) is 0 Å². The summed E-state index contributed by atoms with van der Waals surface area (Å²) in [5.74, 6) is 0.0445. The van der Waals surface area contributed by atoms with Crippen molar-refractivity contribution in [3.8, 4) is 11.5 Å². The molecule has 3 rings (SSSR count). The van der Waals surface area contributed by atoms with Gasteiger partial charge in [-0.05, 0) is 66.2 Å². The number of nitrogens with one attached hydrogen (secondary N) is 2. The van der Waals surface area contributed by atoms with Crippen LogP contribution in [0.4, 0.5) is 15.8 Å². The Morgan fingerprint density at radius 3 is 2.29 bits per heavy atom. The highest BCUT2D eigenvalue weighted by Crippen LogP contribution is 2.28. The topological polar surface area (TPSA) is 76.7 Å². The van der Waals surface area contributed by atoms with Crippen molar-refractivity contribution < 1.29 is 23.5 Å². The van der Waals surface area contributed by atoms with Crippen LogP contribution in [0.15, 0.2) is 72.8 Å². The van der Waals surface area contributed by atoms with E-state index < -0.39 is 0 Å². The first-order valence-corrected chi connectivity index (χ1v) is 9.36. The van der Waals surface area contributed by atoms with E-state index in [1.807, 2.05) is 0 Å². The molecule has 7 heteroatoms. The summed E-state index contributed by atoms with van der Waals surface area (Å²) in [6.45, 7) is 0. The van der Waals surface area contributed by atoms with Crippen LogP contribution < -0.4 is 20.1 Å². The van der Waals surface area contributed by atoms with E-state index in [1.165, 1.54) is 37.5 Å². The molecule has 0 unspecified atom stereocenters. The molecule has 0 fully saturated rings. The van der Waals surface area contributed by atoms with Crippen molar-refractivity contribution in [2.75, 3.05) is 24.9 Å². The summed E-state index contributed by atoms with van der Waals surface area (Å²) in [5.41, 5.74) is 2.05. The molecule has 0 atom stereocenters. The first kappa shape index (κ1) is 21.6. The molecule has 0 bridgehead atoms. The monoisotopic (exact) mass is 420 g/mol. The number of halogens is 1. The lowest BCUT2D eigenvalue weighted by atomic mass is 10.1. The number of hydrogen-bond acceptors (Lipinski definition) is 4. The first-order chi connectivity index (χ1) is 15.0. The number of anilines is 2. The molecule has 0 aliphatic heterocycles. The minimum absolute atomic E-state index is 0.353. The second kappa shape index (κ2) is 10.1. The van der Waals surface area contributed by atoms with Gasteiger partial charge in [0.1, 0.15) is 5.82 Å². The minimum Gasteiger partial charge on any atom is -0.493 e. The molecule has 3 aromatic rings. The van der Waals surface area contributed by atoms with Gasteiger partial charge in [-0.3, -0.25) is 9.59 Å². The van der Waals surface area contributed by atoms with Gasteiger partial charge in [-0.1, -0.05) is 12.1 Å². The molecule has 0 heterocycles. The van der Waals surface area contributed by atoms with E-state index in [2.05, 4.69) is 10.6 Å². The lowest BCUT2D eigenvalue weighted by Crippen LogP contribution is -2.13. The molecular weight excluding hydrogens is 399 g/mol. The summed E-state index contributed by atoms with van der Waals surface area (Å²) in [6, 6.07) is 17.3. The Bertz CT molecular complexity index is 1110. The fourth-order valence-corrected chi connectivity index (χ4v) is 2.79. The van der Waals surface area contributed by atoms with Gasteiger partial charge in [0.05, 0.1) is 14.2 Å². The van der Waals surface area contributed by atoms with E-state index >= 15 is 0 Å². The predicted molar refractivity (Wildman–Crippen MR) is 118 cm³/mol. The molecule has 0 aliphatic carbocycles. The normalized spacial score (nSPS) is 10.5.